The van der Waals surface area contributed by atoms with E-state index < -0.39 is 0 Å². The average molecular weight is 300 g/mol. The van der Waals surface area contributed by atoms with Gasteiger partial charge in [-0.05, 0) is 47.4 Å². The third-order valence-corrected chi connectivity index (χ3v) is 3.73. The zero-order chi connectivity index (χ0) is 12.1. The molecule has 1 aromatic carbocycles. The molecule has 17 heavy (non-hydrogen) atoms. The number of para-hydroxylation sites is 1. The molecule has 1 saturated heterocycles. The summed E-state index contributed by atoms with van der Waals surface area (Å²) < 4.78 is 6.58. The molecular formula is C13H18BrNO2. The van der Waals surface area contributed by atoms with Crippen LogP contribution >= 0.6 is 15.9 Å². The van der Waals surface area contributed by atoms with Crippen molar-refractivity contribution in [3.05, 3.63) is 28.7 Å². The number of benzene rings is 1. The predicted octanol–water partition coefficient (Wildman–Crippen LogP) is 2.33. The van der Waals surface area contributed by atoms with Gasteiger partial charge >= 0.3 is 0 Å². The molecule has 1 fully saturated rings. The molecule has 0 bridgehead atoms. The first kappa shape index (κ1) is 12.9. The molecule has 4 heteroatoms. The number of aliphatic hydroxyl groups excluding tert-OH is 1. The van der Waals surface area contributed by atoms with Gasteiger partial charge in [-0.3, -0.25) is 0 Å². The quantitative estimate of drug-likeness (QED) is 0.877. The van der Waals surface area contributed by atoms with Crippen molar-refractivity contribution in [2.75, 3.05) is 13.2 Å². The Morgan fingerprint density at radius 1 is 1.47 bits per heavy atom. The Kier molecular flexibility index (Phi) is 4.83. The summed E-state index contributed by atoms with van der Waals surface area (Å²) in [5.41, 5.74) is 0. The lowest BCUT2D eigenvalue weighted by Crippen LogP contribution is -2.35. The van der Waals surface area contributed by atoms with Crippen molar-refractivity contribution >= 4 is 15.9 Å². The Morgan fingerprint density at radius 3 is 3.00 bits per heavy atom. The van der Waals surface area contributed by atoms with E-state index in [4.69, 9.17) is 4.74 Å². The molecule has 0 aromatic heterocycles. The molecular weight excluding hydrogens is 282 g/mol. The number of rotatable bonds is 5. The minimum Gasteiger partial charge on any atom is -0.492 e. The van der Waals surface area contributed by atoms with E-state index in [0.717, 1.165) is 29.6 Å². The van der Waals surface area contributed by atoms with E-state index in [2.05, 4.69) is 21.2 Å². The van der Waals surface area contributed by atoms with Gasteiger partial charge in [-0.15, -0.1) is 0 Å². The molecule has 0 aliphatic carbocycles. The van der Waals surface area contributed by atoms with E-state index in [-0.39, 0.29) is 12.1 Å². The molecule has 2 rings (SSSR count). The molecule has 94 valence electrons. The Hall–Kier alpha value is -0.580. The molecule has 3 nitrogen and oxygen atoms in total. The van der Waals surface area contributed by atoms with Crippen molar-refractivity contribution in [2.45, 2.75) is 31.4 Å². The van der Waals surface area contributed by atoms with Gasteiger partial charge in [0.1, 0.15) is 5.75 Å². The van der Waals surface area contributed by atoms with Crippen LogP contribution in [0.25, 0.3) is 0 Å². The molecule has 0 amide bonds. The van der Waals surface area contributed by atoms with E-state index >= 15 is 0 Å². The van der Waals surface area contributed by atoms with E-state index in [1.54, 1.807) is 0 Å². The van der Waals surface area contributed by atoms with Gasteiger partial charge in [-0.1, -0.05) is 12.1 Å². The van der Waals surface area contributed by atoms with Crippen LogP contribution in [0.4, 0.5) is 0 Å². The highest BCUT2D eigenvalue weighted by Gasteiger charge is 2.22. The van der Waals surface area contributed by atoms with E-state index in [9.17, 15) is 5.11 Å². The standard InChI is InChI=1S/C13H18BrNO2/c14-10-4-1-2-6-13(10)17-9-7-12(16)11-5-3-8-15-11/h1-2,4,6,11-12,15-16H,3,5,7-9H2. The summed E-state index contributed by atoms with van der Waals surface area (Å²) in [6.45, 7) is 1.56. The smallest absolute Gasteiger partial charge is 0.133 e. The largest absolute Gasteiger partial charge is 0.492 e. The SMILES string of the molecule is OC(CCOc1ccccc1Br)C1CCCN1. The van der Waals surface area contributed by atoms with Crippen molar-refractivity contribution in [1.82, 2.24) is 5.32 Å². The Bertz CT molecular complexity index is 353. The van der Waals surface area contributed by atoms with E-state index in [1.807, 2.05) is 24.3 Å². The highest BCUT2D eigenvalue weighted by molar-refractivity contribution is 9.10. The number of hydrogen-bond donors (Lipinski definition) is 2. The molecule has 0 spiro atoms. The fraction of sp³-hybridized carbons (Fsp3) is 0.538. The highest BCUT2D eigenvalue weighted by atomic mass is 79.9. The molecule has 2 unspecified atom stereocenters. The lowest BCUT2D eigenvalue weighted by molar-refractivity contribution is 0.107. The molecule has 2 atom stereocenters. The van der Waals surface area contributed by atoms with Crippen LogP contribution < -0.4 is 10.1 Å². The van der Waals surface area contributed by atoms with Crippen LogP contribution in [0, 0.1) is 0 Å². The van der Waals surface area contributed by atoms with Gasteiger partial charge in [0.15, 0.2) is 0 Å². The van der Waals surface area contributed by atoms with Gasteiger partial charge in [-0.2, -0.15) is 0 Å². The maximum Gasteiger partial charge on any atom is 0.133 e. The van der Waals surface area contributed by atoms with Crippen molar-refractivity contribution in [3.8, 4) is 5.75 Å². The summed E-state index contributed by atoms with van der Waals surface area (Å²) in [6.07, 6.45) is 2.59. The Labute approximate surface area is 110 Å². The summed E-state index contributed by atoms with van der Waals surface area (Å²) >= 11 is 3.43. The summed E-state index contributed by atoms with van der Waals surface area (Å²) in [7, 11) is 0. The van der Waals surface area contributed by atoms with Crippen LogP contribution in [0.2, 0.25) is 0 Å². The van der Waals surface area contributed by atoms with Crippen molar-refractivity contribution in [2.24, 2.45) is 0 Å². The van der Waals surface area contributed by atoms with Gasteiger partial charge in [0, 0.05) is 12.5 Å². The fourth-order valence-corrected chi connectivity index (χ4v) is 2.49. The van der Waals surface area contributed by atoms with Gasteiger partial charge in [0.2, 0.25) is 0 Å². The summed E-state index contributed by atoms with van der Waals surface area (Å²) in [4.78, 5) is 0. The zero-order valence-electron chi connectivity index (χ0n) is 9.73. The first-order valence-electron chi connectivity index (χ1n) is 6.06. The monoisotopic (exact) mass is 299 g/mol. The predicted molar refractivity (Wildman–Crippen MR) is 71.3 cm³/mol. The summed E-state index contributed by atoms with van der Waals surface area (Å²) in [5.74, 6) is 0.832. The maximum atomic E-state index is 9.94. The summed E-state index contributed by atoms with van der Waals surface area (Å²) in [5, 5.41) is 13.2. The number of nitrogens with one attached hydrogen (secondary N) is 1. The van der Waals surface area contributed by atoms with Gasteiger partial charge in [-0.25, -0.2) is 0 Å². The second-order valence-electron chi connectivity index (χ2n) is 4.34. The normalized spacial score (nSPS) is 21.4. The van der Waals surface area contributed by atoms with Crippen LogP contribution in [0.5, 0.6) is 5.75 Å². The lowest BCUT2D eigenvalue weighted by Gasteiger charge is -2.18. The highest BCUT2D eigenvalue weighted by Crippen LogP contribution is 2.24. The van der Waals surface area contributed by atoms with Gasteiger partial charge < -0.3 is 15.2 Å². The topological polar surface area (TPSA) is 41.5 Å². The number of hydrogen-bond acceptors (Lipinski definition) is 3. The third-order valence-electron chi connectivity index (χ3n) is 3.07. The molecule has 1 aliphatic heterocycles. The summed E-state index contributed by atoms with van der Waals surface area (Å²) in [6, 6.07) is 8.01. The van der Waals surface area contributed by atoms with Gasteiger partial charge in [0.25, 0.3) is 0 Å². The molecule has 1 heterocycles. The van der Waals surface area contributed by atoms with E-state index in [1.165, 1.54) is 0 Å². The minimum absolute atomic E-state index is 0.248. The second-order valence-corrected chi connectivity index (χ2v) is 5.19. The molecule has 0 radical (unpaired) electrons. The lowest BCUT2D eigenvalue weighted by atomic mass is 10.1. The van der Waals surface area contributed by atoms with Crippen LogP contribution in [0.15, 0.2) is 28.7 Å². The Morgan fingerprint density at radius 2 is 2.29 bits per heavy atom. The minimum atomic E-state index is -0.306. The first-order chi connectivity index (χ1) is 8.27. The average Bonchev–Trinajstić information content (AvgIpc) is 2.85. The Balaban J connectivity index is 1.74. The zero-order valence-corrected chi connectivity index (χ0v) is 11.3. The molecule has 0 saturated carbocycles. The van der Waals surface area contributed by atoms with Crippen LogP contribution in [-0.2, 0) is 0 Å². The number of halogens is 1. The van der Waals surface area contributed by atoms with Crippen molar-refractivity contribution in [3.63, 3.8) is 0 Å². The second kappa shape index (κ2) is 6.38. The molecule has 1 aliphatic rings. The third kappa shape index (κ3) is 3.69. The molecule has 2 N–H and O–H groups in total. The van der Waals surface area contributed by atoms with Crippen LogP contribution in [-0.4, -0.2) is 30.4 Å². The van der Waals surface area contributed by atoms with Gasteiger partial charge in [0.05, 0.1) is 17.2 Å². The fourth-order valence-electron chi connectivity index (χ4n) is 2.09. The van der Waals surface area contributed by atoms with Crippen LogP contribution in [0.3, 0.4) is 0 Å². The number of aliphatic hydroxyl groups is 1. The van der Waals surface area contributed by atoms with Crippen molar-refractivity contribution < 1.29 is 9.84 Å². The van der Waals surface area contributed by atoms with Crippen molar-refractivity contribution in [1.29, 1.82) is 0 Å². The van der Waals surface area contributed by atoms with Crippen LogP contribution in [0.1, 0.15) is 19.3 Å². The number of ether oxygens (including phenoxy) is 1. The molecule has 1 aromatic rings. The first-order valence-corrected chi connectivity index (χ1v) is 6.85. The van der Waals surface area contributed by atoms with E-state index in [0.29, 0.717) is 13.0 Å². The maximum absolute atomic E-state index is 9.94.